The number of aromatic nitrogens is 2. The number of aromatic hydroxyl groups is 1. The first-order chi connectivity index (χ1) is 16.2. The van der Waals surface area contributed by atoms with Crippen LogP contribution in [0.15, 0.2) is 89.9 Å². The summed E-state index contributed by atoms with van der Waals surface area (Å²) >= 11 is 5.91. The number of hydrogen-bond donors (Lipinski definition) is 2. The van der Waals surface area contributed by atoms with Gasteiger partial charge in [0.25, 0.3) is 0 Å². The Balaban J connectivity index is 1.62. The molecule has 1 aliphatic rings. The summed E-state index contributed by atoms with van der Waals surface area (Å²) in [7, 11) is 0. The lowest BCUT2D eigenvalue weighted by molar-refractivity contribution is 0.308. The first kappa shape index (κ1) is 21.4. The highest BCUT2D eigenvalue weighted by atomic mass is 32.1. The number of phenols is 1. The van der Waals surface area contributed by atoms with E-state index in [1.165, 1.54) is 0 Å². The SMILES string of the molecule is Oc1ccccc1C=N[C@@H]1CCCC[C@H]1n1c(-c2ccccc2)c(-c2ccccc2)[nH]c1=S. The minimum Gasteiger partial charge on any atom is -0.507 e. The number of benzene rings is 3. The van der Waals surface area contributed by atoms with Crippen molar-refractivity contribution in [1.82, 2.24) is 9.55 Å². The number of aromatic amines is 1. The molecule has 0 aliphatic heterocycles. The number of rotatable bonds is 5. The number of phenolic OH excluding ortho intramolecular Hbond substituents is 1. The normalized spacial score (nSPS) is 18.5. The average Bonchev–Trinajstić information content (AvgIpc) is 3.21. The number of H-pyrrole nitrogens is 1. The molecule has 33 heavy (non-hydrogen) atoms. The second-order valence-corrected chi connectivity index (χ2v) is 8.90. The van der Waals surface area contributed by atoms with Crippen LogP contribution in [0.1, 0.15) is 37.3 Å². The molecule has 2 N–H and O–H groups in total. The number of hydrogen-bond acceptors (Lipinski definition) is 3. The second-order valence-electron chi connectivity index (χ2n) is 8.51. The quantitative estimate of drug-likeness (QED) is 0.248. The average molecular weight is 454 g/mol. The van der Waals surface area contributed by atoms with Crippen LogP contribution >= 0.6 is 12.2 Å². The summed E-state index contributed by atoms with van der Waals surface area (Å²) in [6, 6.07) is 28.4. The van der Waals surface area contributed by atoms with Crippen LogP contribution < -0.4 is 0 Å². The van der Waals surface area contributed by atoms with Gasteiger partial charge in [0.05, 0.1) is 23.5 Å². The van der Waals surface area contributed by atoms with Gasteiger partial charge in [-0.25, -0.2) is 0 Å². The van der Waals surface area contributed by atoms with Gasteiger partial charge in [-0.05, 0) is 37.2 Å². The van der Waals surface area contributed by atoms with E-state index in [2.05, 4.69) is 58.1 Å². The maximum absolute atomic E-state index is 10.2. The Morgan fingerprint density at radius 2 is 1.48 bits per heavy atom. The van der Waals surface area contributed by atoms with Gasteiger partial charge < -0.3 is 14.7 Å². The second kappa shape index (κ2) is 9.59. The Labute approximate surface area is 199 Å². The van der Waals surface area contributed by atoms with Gasteiger partial charge in [-0.15, -0.1) is 0 Å². The van der Waals surface area contributed by atoms with Gasteiger partial charge in [0, 0.05) is 22.9 Å². The summed E-state index contributed by atoms with van der Waals surface area (Å²) in [5.41, 5.74) is 5.15. The van der Waals surface area contributed by atoms with Gasteiger partial charge in [-0.1, -0.05) is 85.6 Å². The zero-order valence-electron chi connectivity index (χ0n) is 18.4. The van der Waals surface area contributed by atoms with Crippen LogP contribution in [0.4, 0.5) is 0 Å². The fourth-order valence-corrected chi connectivity index (χ4v) is 5.13. The summed E-state index contributed by atoms with van der Waals surface area (Å²) in [5.74, 6) is 0.253. The van der Waals surface area contributed by atoms with Crippen molar-refractivity contribution >= 4 is 18.4 Å². The van der Waals surface area contributed by atoms with E-state index in [1.807, 2.05) is 36.5 Å². The monoisotopic (exact) mass is 453 g/mol. The minimum absolute atomic E-state index is 0.0898. The molecule has 4 aromatic rings. The van der Waals surface area contributed by atoms with E-state index in [-0.39, 0.29) is 17.8 Å². The van der Waals surface area contributed by atoms with E-state index in [0.717, 1.165) is 58.5 Å². The highest BCUT2D eigenvalue weighted by molar-refractivity contribution is 7.71. The number of aliphatic imine (C=N–C) groups is 1. The molecule has 1 fully saturated rings. The predicted octanol–water partition coefficient (Wildman–Crippen LogP) is 7.19. The molecule has 0 radical (unpaired) electrons. The zero-order valence-corrected chi connectivity index (χ0v) is 19.2. The molecule has 0 bridgehead atoms. The molecule has 0 unspecified atom stereocenters. The maximum Gasteiger partial charge on any atom is 0.178 e. The maximum atomic E-state index is 10.2. The number of nitrogens with zero attached hydrogens (tertiary/aromatic N) is 2. The zero-order chi connectivity index (χ0) is 22.6. The van der Waals surface area contributed by atoms with E-state index in [4.69, 9.17) is 17.2 Å². The lowest BCUT2D eigenvalue weighted by atomic mass is 9.89. The largest absolute Gasteiger partial charge is 0.507 e. The molecule has 3 aromatic carbocycles. The van der Waals surface area contributed by atoms with Gasteiger partial charge in [-0.3, -0.25) is 4.99 Å². The van der Waals surface area contributed by atoms with Crippen molar-refractivity contribution in [2.24, 2.45) is 4.99 Å². The van der Waals surface area contributed by atoms with E-state index < -0.39 is 0 Å². The standard InChI is InChI=1S/C28H27N3OS/c32-25-18-10-7-15-22(25)19-29-23-16-8-9-17-24(23)31-27(21-13-5-2-6-14-21)26(30-28(31)33)20-11-3-1-4-12-20/h1-7,10-15,18-19,23-24,32H,8-9,16-17H2,(H,30,33)/t23-,24-/m1/s1. The van der Waals surface area contributed by atoms with Crippen LogP contribution in [-0.4, -0.2) is 26.9 Å². The van der Waals surface area contributed by atoms with E-state index in [0.29, 0.717) is 0 Å². The highest BCUT2D eigenvalue weighted by Gasteiger charge is 2.30. The van der Waals surface area contributed by atoms with Crippen LogP contribution in [0, 0.1) is 4.77 Å². The summed E-state index contributed by atoms with van der Waals surface area (Å²) in [6.45, 7) is 0. The number of imidazole rings is 1. The first-order valence-corrected chi connectivity index (χ1v) is 11.9. The molecule has 0 spiro atoms. The molecule has 0 amide bonds. The van der Waals surface area contributed by atoms with Crippen molar-refractivity contribution in [3.05, 3.63) is 95.3 Å². The molecular weight excluding hydrogens is 426 g/mol. The fraction of sp³-hybridized carbons (Fsp3) is 0.214. The van der Waals surface area contributed by atoms with E-state index in [1.54, 1.807) is 6.07 Å². The minimum atomic E-state index is 0.0898. The molecule has 166 valence electrons. The third-order valence-electron chi connectivity index (χ3n) is 6.41. The molecule has 1 aliphatic carbocycles. The van der Waals surface area contributed by atoms with Crippen molar-refractivity contribution in [3.63, 3.8) is 0 Å². The molecular formula is C28H27N3OS. The van der Waals surface area contributed by atoms with Crippen molar-refractivity contribution in [2.45, 2.75) is 37.8 Å². The van der Waals surface area contributed by atoms with Gasteiger partial charge in [0.1, 0.15) is 5.75 Å². The Kier molecular flexibility index (Phi) is 6.22. The van der Waals surface area contributed by atoms with Crippen molar-refractivity contribution in [2.75, 3.05) is 0 Å². The first-order valence-electron chi connectivity index (χ1n) is 11.5. The Morgan fingerprint density at radius 1 is 0.848 bits per heavy atom. The summed E-state index contributed by atoms with van der Waals surface area (Å²) in [4.78, 5) is 8.48. The predicted molar refractivity (Wildman–Crippen MR) is 137 cm³/mol. The van der Waals surface area contributed by atoms with Crippen molar-refractivity contribution in [3.8, 4) is 28.3 Å². The fourth-order valence-electron chi connectivity index (χ4n) is 4.80. The lowest BCUT2D eigenvalue weighted by Gasteiger charge is -2.31. The third-order valence-corrected chi connectivity index (χ3v) is 6.70. The molecule has 2 atom stereocenters. The topological polar surface area (TPSA) is 53.3 Å². The third kappa shape index (κ3) is 4.41. The molecule has 1 aromatic heterocycles. The van der Waals surface area contributed by atoms with Gasteiger partial charge in [0.2, 0.25) is 0 Å². The van der Waals surface area contributed by atoms with Crippen LogP contribution in [0.25, 0.3) is 22.5 Å². The lowest BCUT2D eigenvalue weighted by Crippen LogP contribution is -2.27. The summed E-state index contributed by atoms with van der Waals surface area (Å²) in [6.07, 6.45) is 6.12. The van der Waals surface area contributed by atoms with E-state index in [9.17, 15) is 5.11 Å². The Morgan fingerprint density at radius 3 is 2.21 bits per heavy atom. The summed E-state index contributed by atoms with van der Waals surface area (Å²) in [5, 5.41) is 10.2. The Hall–Kier alpha value is -3.44. The van der Waals surface area contributed by atoms with E-state index >= 15 is 0 Å². The molecule has 4 nitrogen and oxygen atoms in total. The molecule has 0 saturated heterocycles. The van der Waals surface area contributed by atoms with Crippen LogP contribution in [0.3, 0.4) is 0 Å². The van der Waals surface area contributed by atoms with Gasteiger partial charge in [0.15, 0.2) is 4.77 Å². The summed E-state index contributed by atoms with van der Waals surface area (Å²) < 4.78 is 3.02. The van der Waals surface area contributed by atoms with Crippen molar-refractivity contribution < 1.29 is 5.11 Å². The van der Waals surface area contributed by atoms with Crippen LogP contribution in [0.2, 0.25) is 0 Å². The smallest absolute Gasteiger partial charge is 0.178 e. The molecule has 1 heterocycles. The molecule has 5 heteroatoms. The molecule has 5 rings (SSSR count). The van der Waals surface area contributed by atoms with Crippen LogP contribution in [0.5, 0.6) is 5.75 Å². The van der Waals surface area contributed by atoms with Crippen LogP contribution in [-0.2, 0) is 0 Å². The van der Waals surface area contributed by atoms with Crippen molar-refractivity contribution in [1.29, 1.82) is 0 Å². The van der Waals surface area contributed by atoms with Gasteiger partial charge >= 0.3 is 0 Å². The van der Waals surface area contributed by atoms with Gasteiger partial charge in [-0.2, -0.15) is 0 Å². The Bertz CT molecular complexity index is 1310. The number of nitrogens with one attached hydrogen (secondary N) is 1. The number of para-hydroxylation sites is 1. The highest BCUT2D eigenvalue weighted by Crippen LogP contribution is 2.39. The molecule has 1 saturated carbocycles.